The number of carbonyl (C=O) groups is 1. The van der Waals surface area contributed by atoms with Gasteiger partial charge in [-0.1, -0.05) is 13.8 Å². The van der Waals surface area contributed by atoms with E-state index in [4.69, 9.17) is 10.2 Å². The first-order valence-corrected chi connectivity index (χ1v) is 5.21. The quantitative estimate of drug-likeness (QED) is 0.366. The minimum Gasteiger partial charge on any atom is -0.394 e. The normalized spacial score (nSPS) is 19.7. The zero-order chi connectivity index (χ0) is 12.2. The first-order valence-electron chi connectivity index (χ1n) is 4.69. The number of thiol groups is 1. The van der Waals surface area contributed by atoms with E-state index >= 15 is 0 Å². The number of aliphatic hydroxyl groups excluding tert-OH is 4. The Morgan fingerprint density at radius 1 is 1.27 bits per heavy atom. The van der Waals surface area contributed by atoms with E-state index in [2.05, 4.69) is 12.6 Å². The third-order valence-electron chi connectivity index (χ3n) is 2.12. The molecule has 0 amide bonds. The summed E-state index contributed by atoms with van der Waals surface area (Å²) in [7, 11) is 0. The van der Waals surface area contributed by atoms with Crippen molar-refractivity contribution in [2.75, 3.05) is 6.61 Å². The highest BCUT2D eigenvalue weighted by atomic mass is 32.1. The van der Waals surface area contributed by atoms with Crippen LogP contribution in [0.25, 0.3) is 0 Å². The number of carbonyl (C=O) groups excluding carboxylic acids is 1. The Kier molecular flexibility index (Phi) is 6.38. The van der Waals surface area contributed by atoms with E-state index in [0.29, 0.717) is 0 Å². The van der Waals surface area contributed by atoms with Crippen molar-refractivity contribution in [3.63, 3.8) is 0 Å². The summed E-state index contributed by atoms with van der Waals surface area (Å²) in [4.78, 5) is 11.3. The summed E-state index contributed by atoms with van der Waals surface area (Å²) in [5.74, 6) is -0.840. The molecule has 0 spiro atoms. The zero-order valence-corrected chi connectivity index (χ0v) is 9.63. The third kappa shape index (κ3) is 4.08. The van der Waals surface area contributed by atoms with Crippen molar-refractivity contribution in [3.05, 3.63) is 0 Å². The van der Waals surface area contributed by atoms with Crippen molar-refractivity contribution < 1.29 is 25.2 Å². The van der Waals surface area contributed by atoms with Crippen molar-refractivity contribution >= 4 is 18.4 Å². The van der Waals surface area contributed by atoms with Crippen LogP contribution in [-0.2, 0) is 4.79 Å². The van der Waals surface area contributed by atoms with Crippen LogP contribution in [0.15, 0.2) is 0 Å². The minimum absolute atomic E-state index is 0.381. The molecule has 0 aliphatic carbocycles. The molecule has 5 nitrogen and oxygen atoms in total. The van der Waals surface area contributed by atoms with Gasteiger partial charge in [0.15, 0.2) is 5.78 Å². The fraction of sp³-hybridized carbons (Fsp3) is 0.889. The van der Waals surface area contributed by atoms with Crippen molar-refractivity contribution in [1.82, 2.24) is 0 Å². The van der Waals surface area contributed by atoms with Gasteiger partial charge in [0.1, 0.15) is 12.2 Å². The molecule has 0 aromatic carbocycles. The maximum atomic E-state index is 11.3. The maximum Gasteiger partial charge on any atom is 0.165 e. The number of Topliss-reactive ketones (excluding diaryl/α,β-unsaturated/α-hetero) is 1. The molecule has 6 heteroatoms. The van der Waals surface area contributed by atoms with Gasteiger partial charge in [-0.15, -0.1) is 0 Å². The molecule has 0 radical (unpaired) electrons. The molecule has 0 aromatic heterocycles. The molecule has 0 saturated carbocycles. The van der Waals surface area contributed by atoms with Gasteiger partial charge in [0.25, 0.3) is 0 Å². The maximum absolute atomic E-state index is 11.3. The first kappa shape index (κ1) is 14.9. The van der Waals surface area contributed by atoms with E-state index in [9.17, 15) is 15.0 Å². The molecule has 0 fully saturated rings. The number of ketones is 1. The highest BCUT2D eigenvalue weighted by Gasteiger charge is 2.33. The van der Waals surface area contributed by atoms with Gasteiger partial charge in [0.05, 0.1) is 18.0 Å². The molecule has 0 aliphatic rings. The highest BCUT2D eigenvalue weighted by Crippen LogP contribution is 2.15. The van der Waals surface area contributed by atoms with Crippen LogP contribution in [-0.4, -0.2) is 56.4 Å². The van der Waals surface area contributed by atoms with Gasteiger partial charge >= 0.3 is 0 Å². The average Bonchev–Trinajstić information content (AvgIpc) is 2.23. The minimum atomic E-state index is -1.45. The number of hydrogen-bond acceptors (Lipinski definition) is 6. The molecule has 0 rings (SSSR count). The van der Waals surface area contributed by atoms with Gasteiger partial charge in [-0.05, 0) is 0 Å². The molecule has 0 bridgehead atoms. The van der Waals surface area contributed by atoms with Gasteiger partial charge in [-0.2, -0.15) is 12.6 Å². The summed E-state index contributed by atoms with van der Waals surface area (Å²) in [5, 5.41) is 35.4. The fourth-order valence-electron chi connectivity index (χ4n) is 1.03. The zero-order valence-electron chi connectivity index (χ0n) is 8.74. The Bertz CT molecular complexity index is 209. The molecule has 0 saturated heterocycles. The predicted molar refractivity (Wildman–Crippen MR) is 57.7 cm³/mol. The first-order chi connectivity index (χ1) is 6.82. The molecule has 0 heterocycles. The topological polar surface area (TPSA) is 98.0 Å². The van der Waals surface area contributed by atoms with Crippen LogP contribution in [0.4, 0.5) is 0 Å². The van der Waals surface area contributed by atoms with Crippen molar-refractivity contribution in [2.45, 2.75) is 37.4 Å². The van der Waals surface area contributed by atoms with E-state index in [0.717, 1.165) is 0 Å². The van der Waals surface area contributed by atoms with Gasteiger partial charge in [0, 0.05) is 5.92 Å². The van der Waals surface area contributed by atoms with Crippen LogP contribution >= 0.6 is 12.6 Å². The lowest BCUT2D eigenvalue weighted by atomic mass is 9.97. The lowest BCUT2D eigenvalue weighted by molar-refractivity contribution is -0.132. The van der Waals surface area contributed by atoms with Gasteiger partial charge in [0.2, 0.25) is 0 Å². The summed E-state index contributed by atoms with van der Waals surface area (Å²) in [6, 6.07) is 0. The molecule has 0 aromatic rings. The third-order valence-corrected chi connectivity index (χ3v) is 2.70. The number of rotatable bonds is 6. The fourth-order valence-corrected chi connectivity index (χ4v) is 1.38. The summed E-state index contributed by atoms with van der Waals surface area (Å²) in [6.45, 7) is 2.57. The number of aliphatic hydroxyl groups is 4. The van der Waals surface area contributed by atoms with E-state index in [1.165, 1.54) is 0 Å². The molecule has 0 aliphatic heterocycles. The lowest BCUT2D eigenvalue weighted by Gasteiger charge is -2.26. The second kappa shape index (κ2) is 6.44. The van der Waals surface area contributed by atoms with Crippen LogP contribution in [0.1, 0.15) is 13.8 Å². The lowest BCUT2D eigenvalue weighted by Crippen LogP contribution is -2.46. The molecular formula is C9H18O5S. The second-order valence-electron chi connectivity index (χ2n) is 3.73. The largest absolute Gasteiger partial charge is 0.394 e. The summed E-state index contributed by atoms with van der Waals surface area (Å²) >= 11 is 3.86. The Hall–Kier alpha value is -0.140. The van der Waals surface area contributed by atoms with Crippen LogP contribution in [0, 0.1) is 5.92 Å². The van der Waals surface area contributed by atoms with Crippen molar-refractivity contribution in [3.8, 4) is 0 Å². The molecule has 15 heavy (non-hydrogen) atoms. The van der Waals surface area contributed by atoms with E-state index in [1.807, 2.05) is 0 Å². The van der Waals surface area contributed by atoms with Crippen molar-refractivity contribution in [2.24, 2.45) is 5.92 Å². The van der Waals surface area contributed by atoms with Crippen LogP contribution in [0.3, 0.4) is 0 Å². The standard InChI is InChI=1S/C9H18O5S/c1-4(2)6(12)8(14)9(15)7(13)5(11)3-10/h4-5,7-11,13-15H,3H2,1-2H3/t5-,7+,8+,9+/m1/s1. The van der Waals surface area contributed by atoms with E-state index in [-0.39, 0.29) is 5.92 Å². The molecular weight excluding hydrogens is 220 g/mol. The Morgan fingerprint density at radius 2 is 1.73 bits per heavy atom. The smallest absolute Gasteiger partial charge is 0.165 e. The Morgan fingerprint density at radius 3 is 2.07 bits per heavy atom. The van der Waals surface area contributed by atoms with Gasteiger partial charge in [-0.25, -0.2) is 0 Å². The van der Waals surface area contributed by atoms with Crippen molar-refractivity contribution in [1.29, 1.82) is 0 Å². The van der Waals surface area contributed by atoms with E-state index in [1.54, 1.807) is 13.8 Å². The molecule has 4 atom stereocenters. The molecule has 0 unspecified atom stereocenters. The summed E-state index contributed by atoms with van der Waals surface area (Å²) in [5.41, 5.74) is 0. The van der Waals surface area contributed by atoms with Crippen LogP contribution in [0.2, 0.25) is 0 Å². The average molecular weight is 238 g/mol. The predicted octanol–water partition coefficient (Wildman–Crippen LogP) is -1.42. The van der Waals surface area contributed by atoms with Gasteiger partial charge in [-0.3, -0.25) is 4.79 Å². The highest BCUT2D eigenvalue weighted by molar-refractivity contribution is 7.81. The Balaban J connectivity index is 4.43. The SMILES string of the molecule is CC(C)C(=O)[C@H](O)[C@@H](S)[C@@H](O)[C@H](O)CO. The molecule has 90 valence electrons. The van der Waals surface area contributed by atoms with Crippen LogP contribution < -0.4 is 0 Å². The van der Waals surface area contributed by atoms with Crippen LogP contribution in [0.5, 0.6) is 0 Å². The number of hydrogen-bond donors (Lipinski definition) is 5. The molecule has 4 N–H and O–H groups in total. The Labute approximate surface area is 94.2 Å². The second-order valence-corrected chi connectivity index (χ2v) is 4.33. The van der Waals surface area contributed by atoms with E-state index < -0.39 is 36.0 Å². The van der Waals surface area contributed by atoms with Gasteiger partial charge < -0.3 is 20.4 Å². The monoisotopic (exact) mass is 238 g/mol. The summed E-state index contributed by atoms with van der Waals surface area (Å²) < 4.78 is 0. The summed E-state index contributed by atoms with van der Waals surface area (Å²) in [6.07, 6.45) is -4.32.